The highest BCUT2D eigenvalue weighted by Gasteiger charge is 2.28. The molecule has 0 atom stereocenters. The molecule has 0 bridgehead atoms. The Morgan fingerprint density at radius 2 is 2.00 bits per heavy atom. The predicted octanol–water partition coefficient (Wildman–Crippen LogP) is 3.88. The molecule has 174 valence electrons. The first-order valence-corrected chi connectivity index (χ1v) is 11.4. The summed E-state index contributed by atoms with van der Waals surface area (Å²) in [6.07, 6.45) is -5.51. The van der Waals surface area contributed by atoms with Crippen molar-refractivity contribution in [3.8, 4) is 5.82 Å². The number of hydrogen-bond acceptors (Lipinski definition) is 5. The summed E-state index contributed by atoms with van der Waals surface area (Å²) in [7, 11) is -2.44. The first kappa shape index (κ1) is 23.9. The Labute approximate surface area is 187 Å². The van der Waals surface area contributed by atoms with Crippen LogP contribution in [0.25, 0.3) is 16.7 Å². The first-order chi connectivity index (χ1) is 14.9. The summed E-state index contributed by atoms with van der Waals surface area (Å²) >= 11 is 6.04. The van der Waals surface area contributed by atoms with Gasteiger partial charge in [-0.1, -0.05) is 11.6 Å². The lowest BCUT2D eigenvalue weighted by molar-refractivity contribution is -0.141. The highest BCUT2D eigenvalue weighted by atomic mass is 35.5. The molecular formula is C19H20ClF3N4O4S. The summed E-state index contributed by atoms with van der Waals surface area (Å²) in [6, 6.07) is 7.23. The third kappa shape index (κ3) is 5.74. The molecule has 0 aliphatic carbocycles. The van der Waals surface area contributed by atoms with Crippen molar-refractivity contribution in [3.63, 3.8) is 0 Å². The lowest BCUT2D eigenvalue weighted by Crippen LogP contribution is -2.34. The van der Waals surface area contributed by atoms with Crippen molar-refractivity contribution in [2.45, 2.75) is 25.9 Å². The van der Waals surface area contributed by atoms with E-state index in [2.05, 4.69) is 9.84 Å². The van der Waals surface area contributed by atoms with E-state index >= 15 is 0 Å². The van der Waals surface area contributed by atoms with E-state index in [1.807, 2.05) is 22.9 Å². The summed E-state index contributed by atoms with van der Waals surface area (Å²) in [5.74, 6) is 0.147. The molecule has 2 aromatic heterocycles. The summed E-state index contributed by atoms with van der Waals surface area (Å²) in [4.78, 5) is 11.5. The van der Waals surface area contributed by atoms with Gasteiger partial charge in [0.2, 0.25) is 10.0 Å². The van der Waals surface area contributed by atoms with E-state index in [0.29, 0.717) is 22.1 Å². The fourth-order valence-corrected chi connectivity index (χ4v) is 4.35. The average Bonchev–Trinajstić information content (AvgIpc) is 3.17. The fourth-order valence-electron chi connectivity index (χ4n) is 3.29. The van der Waals surface area contributed by atoms with Crippen molar-refractivity contribution in [1.82, 2.24) is 19.1 Å². The molecule has 0 saturated heterocycles. The zero-order valence-corrected chi connectivity index (χ0v) is 18.7. The molecule has 0 fully saturated rings. The monoisotopic (exact) mass is 492 g/mol. The van der Waals surface area contributed by atoms with Crippen LogP contribution in [0.4, 0.5) is 18.0 Å². The molecule has 0 radical (unpaired) electrons. The number of halogens is 4. The van der Waals surface area contributed by atoms with Gasteiger partial charge < -0.3 is 9.30 Å². The third-order valence-electron chi connectivity index (χ3n) is 4.67. The molecule has 1 amide bonds. The Morgan fingerprint density at radius 3 is 2.69 bits per heavy atom. The first-order valence-electron chi connectivity index (χ1n) is 9.40. The Hall–Kier alpha value is -2.73. The standard InChI is InChI=1S/C19H20ClF3N4O4S/c1-12-15(6-10-32(29,30)25-18(28)31-9-7-19(21,22)23)17(26(2)24-12)27-8-5-13-11-14(20)3-4-16(13)27/h3-5,8,11H,6-7,9-10H2,1-2H3,(H,25,28). The van der Waals surface area contributed by atoms with Crippen molar-refractivity contribution in [3.05, 3.63) is 46.7 Å². The van der Waals surface area contributed by atoms with Crippen LogP contribution in [0.3, 0.4) is 0 Å². The molecule has 3 aromatic rings. The maximum Gasteiger partial charge on any atom is 0.420 e. The lowest BCUT2D eigenvalue weighted by atomic mass is 10.2. The number of fused-ring (bicyclic) bond motifs is 1. The molecule has 13 heteroatoms. The second kappa shape index (κ2) is 9.02. The van der Waals surface area contributed by atoms with Crippen molar-refractivity contribution in [2.24, 2.45) is 7.05 Å². The van der Waals surface area contributed by atoms with E-state index in [9.17, 15) is 26.4 Å². The summed E-state index contributed by atoms with van der Waals surface area (Å²) in [5.41, 5.74) is 2.07. The molecule has 3 rings (SSSR count). The minimum absolute atomic E-state index is 0.00738. The maximum absolute atomic E-state index is 12.3. The minimum Gasteiger partial charge on any atom is -0.449 e. The van der Waals surface area contributed by atoms with Crippen LogP contribution in [0.1, 0.15) is 17.7 Å². The number of hydrogen-bond donors (Lipinski definition) is 1. The topological polar surface area (TPSA) is 95.2 Å². The van der Waals surface area contributed by atoms with Gasteiger partial charge in [0, 0.05) is 29.2 Å². The largest absolute Gasteiger partial charge is 0.449 e. The van der Waals surface area contributed by atoms with E-state index in [4.69, 9.17) is 11.6 Å². The molecule has 1 N–H and O–H groups in total. The number of nitrogens with zero attached hydrogens (tertiary/aromatic N) is 3. The van der Waals surface area contributed by atoms with Crippen LogP contribution < -0.4 is 4.72 Å². The van der Waals surface area contributed by atoms with E-state index in [-0.39, 0.29) is 6.42 Å². The van der Waals surface area contributed by atoms with Gasteiger partial charge in [-0.15, -0.1) is 0 Å². The van der Waals surface area contributed by atoms with Crippen LogP contribution in [-0.2, 0) is 28.2 Å². The maximum atomic E-state index is 12.3. The normalized spacial score (nSPS) is 12.3. The number of benzene rings is 1. The molecule has 8 nitrogen and oxygen atoms in total. The smallest absolute Gasteiger partial charge is 0.420 e. The number of rotatable bonds is 7. The number of aromatic nitrogens is 3. The Morgan fingerprint density at radius 1 is 1.28 bits per heavy atom. The number of ether oxygens (including phenoxy) is 1. The lowest BCUT2D eigenvalue weighted by Gasteiger charge is -2.11. The number of alkyl halides is 3. The number of amides is 1. The molecule has 0 spiro atoms. The quantitative estimate of drug-likeness (QED) is 0.540. The molecule has 0 unspecified atom stereocenters. The van der Waals surface area contributed by atoms with Gasteiger partial charge in [0.15, 0.2) is 0 Å². The van der Waals surface area contributed by atoms with Crippen molar-refractivity contribution in [2.75, 3.05) is 12.4 Å². The molecule has 1 aromatic carbocycles. The number of aryl methyl sites for hydroxylation is 2. The third-order valence-corrected chi connectivity index (χ3v) is 6.13. The van der Waals surface area contributed by atoms with Gasteiger partial charge in [0.25, 0.3) is 0 Å². The van der Waals surface area contributed by atoms with Gasteiger partial charge in [-0.05, 0) is 37.6 Å². The van der Waals surface area contributed by atoms with Crippen molar-refractivity contribution >= 4 is 38.6 Å². The van der Waals surface area contributed by atoms with Gasteiger partial charge in [0.1, 0.15) is 12.4 Å². The predicted molar refractivity (Wildman–Crippen MR) is 112 cm³/mol. The Bertz CT molecular complexity index is 1250. The van der Waals surface area contributed by atoms with Crippen LogP contribution >= 0.6 is 11.6 Å². The average molecular weight is 493 g/mol. The summed E-state index contributed by atoms with van der Waals surface area (Å²) in [6.45, 7) is 0.758. The molecule has 32 heavy (non-hydrogen) atoms. The van der Waals surface area contributed by atoms with E-state index in [0.717, 1.165) is 10.9 Å². The van der Waals surface area contributed by atoms with E-state index < -0.39 is 41.1 Å². The Kier molecular flexibility index (Phi) is 6.75. The zero-order chi connectivity index (χ0) is 23.7. The van der Waals surface area contributed by atoms with Gasteiger partial charge in [0.05, 0.1) is 23.4 Å². The number of carbonyl (C=O) groups excluding carboxylic acids is 1. The number of carbonyl (C=O) groups is 1. The van der Waals surface area contributed by atoms with E-state index in [1.54, 1.807) is 35.5 Å². The van der Waals surface area contributed by atoms with Crippen molar-refractivity contribution in [1.29, 1.82) is 0 Å². The van der Waals surface area contributed by atoms with Gasteiger partial charge >= 0.3 is 12.3 Å². The number of sulfonamides is 1. The van der Waals surface area contributed by atoms with Crippen LogP contribution in [-0.4, -0.2) is 47.4 Å². The van der Waals surface area contributed by atoms with Gasteiger partial charge in [-0.2, -0.15) is 18.3 Å². The fraction of sp³-hybridized carbons (Fsp3) is 0.368. The van der Waals surface area contributed by atoms with Crippen LogP contribution in [0, 0.1) is 6.92 Å². The second-order valence-electron chi connectivity index (χ2n) is 7.07. The van der Waals surface area contributed by atoms with Crippen molar-refractivity contribution < 1.29 is 31.1 Å². The molecular weight excluding hydrogens is 473 g/mol. The summed E-state index contributed by atoms with van der Waals surface area (Å²) < 4.78 is 70.3. The van der Waals surface area contributed by atoms with Crippen LogP contribution in [0.2, 0.25) is 5.02 Å². The van der Waals surface area contributed by atoms with Gasteiger partial charge in [-0.25, -0.2) is 17.9 Å². The minimum atomic E-state index is -4.51. The SMILES string of the molecule is Cc1nn(C)c(-n2ccc3cc(Cl)ccc32)c1CCS(=O)(=O)NC(=O)OCCC(F)(F)F. The summed E-state index contributed by atoms with van der Waals surface area (Å²) in [5, 5.41) is 5.84. The number of nitrogens with one attached hydrogen (secondary N) is 1. The highest BCUT2D eigenvalue weighted by Crippen LogP contribution is 2.27. The van der Waals surface area contributed by atoms with Gasteiger partial charge in [-0.3, -0.25) is 4.68 Å². The van der Waals surface area contributed by atoms with E-state index in [1.165, 1.54) is 0 Å². The molecule has 0 aliphatic rings. The second-order valence-corrected chi connectivity index (χ2v) is 9.35. The molecule has 0 aliphatic heterocycles. The van der Waals surface area contributed by atoms with Crippen LogP contribution in [0.5, 0.6) is 0 Å². The van der Waals surface area contributed by atoms with Crippen LogP contribution in [0.15, 0.2) is 30.5 Å². The molecule has 2 heterocycles. The highest BCUT2D eigenvalue weighted by molar-refractivity contribution is 7.90. The molecule has 0 saturated carbocycles. The Balaban J connectivity index is 1.75. The zero-order valence-electron chi connectivity index (χ0n) is 17.1.